The predicted octanol–water partition coefficient (Wildman–Crippen LogP) is 2.20. The Morgan fingerprint density at radius 2 is 2.05 bits per heavy atom. The van der Waals surface area contributed by atoms with Crippen molar-refractivity contribution in [2.24, 2.45) is 7.05 Å². The van der Waals surface area contributed by atoms with E-state index in [0.29, 0.717) is 5.92 Å². The molecule has 1 N–H and O–H groups in total. The molecular weight excluding hydrogens is 248 g/mol. The van der Waals surface area contributed by atoms with Gasteiger partial charge in [-0.25, -0.2) is 0 Å². The molecule has 0 bridgehead atoms. The third-order valence-corrected chi connectivity index (χ3v) is 3.88. The van der Waals surface area contributed by atoms with Gasteiger partial charge in [0.25, 0.3) is 0 Å². The number of aryl methyl sites for hydroxylation is 2. The van der Waals surface area contributed by atoms with Gasteiger partial charge in [0.05, 0.1) is 5.69 Å². The second-order valence-electron chi connectivity index (χ2n) is 5.88. The average molecular weight is 270 g/mol. The van der Waals surface area contributed by atoms with Crippen molar-refractivity contribution in [1.82, 2.24) is 20.3 Å². The molecule has 1 aliphatic rings. The smallest absolute Gasteiger partial charge is 0.0833 e. The third kappa shape index (κ3) is 3.45. The van der Waals surface area contributed by atoms with E-state index in [0.717, 1.165) is 24.7 Å². The summed E-state index contributed by atoms with van der Waals surface area (Å²) in [5.74, 6) is 0.466. The third-order valence-electron chi connectivity index (χ3n) is 3.88. The molecule has 0 saturated heterocycles. The van der Waals surface area contributed by atoms with Crippen LogP contribution in [0, 0.1) is 6.92 Å². The van der Waals surface area contributed by atoms with E-state index in [1.54, 1.807) is 4.68 Å². The molecule has 0 spiro atoms. The zero-order chi connectivity index (χ0) is 13.9. The van der Waals surface area contributed by atoms with Gasteiger partial charge >= 0.3 is 0 Å². The molecule has 1 aliphatic carbocycles. The quantitative estimate of drug-likeness (QED) is 0.875. The van der Waals surface area contributed by atoms with Gasteiger partial charge in [0.1, 0.15) is 0 Å². The first-order valence-corrected chi connectivity index (χ1v) is 7.36. The van der Waals surface area contributed by atoms with Crippen LogP contribution in [0.3, 0.4) is 0 Å². The number of rotatable bonds is 6. The Kier molecular flexibility index (Phi) is 3.83. The van der Waals surface area contributed by atoms with E-state index < -0.39 is 0 Å². The van der Waals surface area contributed by atoms with Crippen molar-refractivity contribution in [2.45, 2.75) is 38.1 Å². The van der Waals surface area contributed by atoms with E-state index in [9.17, 15) is 0 Å². The lowest BCUT2D eigenvalue weighted by atomic mass is 9.93. The molecule has 0 radical (unpaired) electrons. The summed E-state index contributed by atoms with van der Waals surface area (Å²) in [6, 6.07) is 9.60. The number of nitrogens with one attached hydrogen (secondary N) is 1. The monoisotopic (exact) mass is 270 g/mol. The molecule has 20 heavy (non-hydrogen) atoms. The molecule has 2 aromatic rings. The van der Waals surface area contributed by atoms with E-state index in [4.69, 9.17) is 0 Å². The minimum absolute atomic E-state index is 0.466. The van der Waals surface area contributed by atoms with Crippen LogP contribution in [0.2, 0.25) is 0 Å². The first-order valence-electron chi connectivity index (χ1n) is 7.36. The first-order chi connectivity index (χ1) is 9.70. The van der Waals surface area contributed by atoms with Gasteiger partial charge in [0.2, 0.25) is 0 Å². The highest BCUT2D eigenvalue weighted by atomic mass is 15.4. The summed E-state index contributed by atoms with van der Waals surface area (Å²) >= 11 is 0. The summed E-state index contributed by atoms with van der Waals surface area (Å²) < 4.78 is 1.77. The maximum Gasteiger partial charge on any atom is 0.0833 e. The molecule has 4 nitrogen and oxygen atoms in total. The predicted molar refractivity (Wildman–Crippen MR) is 79.7 cm³/mol. The van der Waals surface area contributed by atoms with Crippen LogP contribution < -0.4 is 5.32 Å². The second-order valence-corrected chi connectivity index (χ2v) is 5.88. The van der Waals surface area contributed by atoms with Crippen LogP contribution in [-0.2, 0) is 13.5 Å². The van der Waals surface area contributed by atoms with E-state index in [2.05, 4.69) is 46.8 Å². The van der Waals surface area contributed by atoms with Crippen LogP contribution in [0.25, 0.3) is 0 Å². The van der Waals surface area contributed by atoms with Crippen LogP contribution >= 0.6 is 0 Å². The van der Waals surface area contributed by atoms with E-state index >= 15 is 0 Å². The minimum atomic E-state index is 0.466. The van der Waals surface area contributed by atoms with Crippen molar-refractivity contribution in [3.05, 3.63) is 47.3 Å². The molecule has 0 aliphatic heterocycles. The molecule has 0 amide bonds. The van der Waals surface area contributed by atoms with Crippen molar-refractivity contribution in [3.8, 4) is 0 Å². The van der Waals surface area contributed by atoms with Gasteiger partial charge < -0.3 is 5.32 Å². The SMILES string of the molecule is Cc1ccc(C(CNC2CC2)Cc2cn(C)nn2)cc1. The van der Waals surface area contributed by atoms with E-state index in [1.807, 2.05) is 13.2 Å². The van der Waals surface area contributed by atoms with E-state index in [1.165, 1.54) is 24.0 Å². The fraction of sp³-hybridized carbons (Fsp3) is 0.500. The van der Waals surface area contributed by atoms with Crippen molar-refractivity contribution in [1.29, 1.82) is 0 Å². The molecule has 4 heteroatoms. The van der Waals surface area contributed by atoms with Gasteiger partial charge in [-0.05, 0) is 25.3 Å². The van der Waals surface area contributed by atoms with Crippen LogP contribution in [0.15, 0.2) is 30.5 Å². The highest BCUT2D eigenvalue weighted by Crippen LogP contribution is 2.23. The van der Waals surface area contributed by atoms with Gasteiger partial charge in [-0.3, -0.25) is 4.68 Å². The summed E-state index contributed by atoms with van der Waals surface area (Å²) in [6.45, 7) is 3.15. The fourth-order valence-corrected chi connectivity index (χ4v) is 2.48. The summed E-state index contributed by atoms with van der Waals surface area (Å²) in [6.07, 6.45) is 5.60. The number of nitrogens with zero attached hydrogens (tertiary/aromatic N) is 3. The Morgan fingerprint density at radius 3 is 2.65 bits per heavy atom. The molecule has 106 valence electrons. The zero-order valence-electron chi connectivity index (χ0n) is 12.2. The van der Waals surface area contributed by atoms with Gasteiger partial charge in [-0.2, -0.15) is 0 Å². The molecule has 1 unspecified atom stereocenters. The summed E-state index contributed by atoms with van der Waals surface area (Å²) in [5.41, 5.74) is 3.76. The van der Waals surface area contributed by atoms with Crippen LogP contribution in [-0.4, -0.2) is 27.6 Å². The molecular formula is C16H22N4. The number of benzene rings is 1. The van der Waals surface area contributed by atoms with Crippen LogP contribution in [0.1, 0.15) is 35.6 Å². The Balaban J connectivity index is 1.73. The largest absolute Gasteiger partial charge is 0.313 e. The Labute approximate surface area is 120 Å². The highest BCUT2D eigenvalue weighted by Gasteiger charge is 2.23. The normalized spacial score (nSPS) is 16.3. The molecule has 1 heterocycles. The maximum absolute atomic E-state index is 4.23. The summed E-state index contributed by atoms with van der Waals surface area (Å²) in [7, 11) is 1.92. The average Bonchev–Trinajstić information content (AvgIpc) is 3.18. The van der Waals surface area contributed by atoms with Gasteiger partial charge in [-0.1, -0.05) is 35.0 Å². The molecule has 1 aromatic heterocycles. The Morgan fingerprint density at radius 1 is 1.30 bits per heavy atom. The van der Waals surface area contributed by atoms with Crippen molar-refractivity contribution in [3.63, 3.8) is 0 Å². The standard InChI is InChI=1S/C16H22N4/c1-12-3-5-13(6-4-12)14(10-17-15-7-8-15)9-16-11-20(2)19-18-16/h3-6,11,14-15,17H,7-10H2,1-2H3. The lowest BCUT2D eigenvalue weighted by molar-refractivity contribution is 0.571. The minimum Gasteiger partial charge on any atom is -0.313 e. The van der Waals surface area contributed by atoms with Crippen molar-refractivity contribution >= 4 is 0 Å². The number of aromatic nitrogens is 3. The van der Waals surface area contributed by atoms with Gasteiger partial charge in [-0.15, -0.1) is 5.10 Å². The van der Waals surface area contributed by atoms with Gasteiger partial charge in [0.15, 0.2) is 0 Å². The molecule has 1 aromatic carbocycles. The van der Waals surface area contributed by atoms with Crippen LogP contribution in [0.5, 0.6) is 0 Å². The number of hydrogen-bond acceptors (Lipinski definition) is 3. The highest BCUT2D eigenvalue weighted by molar-refractivity contribution is 5.26. The summed E-state index contributed by atoms with van der Waals surface area (Å²) in [5, 5.41) is 11.9. The summed E-state index contributed by atoms with van der Waals surface area (Å²) in [4.78, 5) is 0. The van der Waals surface area contributed by atoms with Crippen molar-refractivity contribution < 1.29 is 0 Å². The molecule has 1 atom stereocenters. The molecule has 1 saturated carbocycles. The first kappa shape index (κ1) is 13.3. The zero-order valence-corrected chi connectivity index (χ0v) is 12.2. The Hall–Kier alpha value is -1.68. The van der Waals surface area contributed by atoms with Crippen molar-refractivity contribution in [2.75, 3.05) is 6.54 Å². The second kappa shape index (κ2) is 5.75. The topological polar surface area (TPSA) is 42.7 Å². The molecule has 1 fully saturated rings. The fourth-order valence-electron chi connectivity index (χ4n) is 2.48. The van der Waals surface area contributed by atoms with Gasteiger partial charge in [0, 0.05) is 38.2 Å². The molecule has 3 rings (SSSR count). The maximum atomic E-state index is 4.23. The lowest BCUT2D eigenvalue weighted by Gasteiger charge is -2.17. The van der Waals surface area contributed by atoms with Crippen LogP contribution in [0.4, 0.5) is 0 Å². The van der Waals surface area contributed by atoms with E-state index in [-0.39, 0.29) is 0 Å². The number of hydrogen-bond donors (Lipinski definition) is 1. The lowest BCUT2D eigenvalue weighted by Crippen LogP contribution is -2.25. The Bertz CT molecular complexity index is 554.